The van der Waals surface area contributed by atoms with Gasteiger partial charge >= 0.3 is 0 Å². The first kappa shape index (κ1) is 14.7. The van der Waals surface area contributed by atoms with Gasteiger partial charge in [0.15, 0.2) is 0 Å². The number of rotatable bonds is 2. The van der Waals surface area contributed by atoms with Gasteiger partial charge in [0.05, 0.1) is 0 Å². The van der Waals surface area contributed by atoms with Crippen LogP contribution in [0.5, 0.6) is 0 Å². The van der Waals surface area contributed by atoms with E-state index < -0.39 is 0 Å². The fourth-order valence-corrected chi connectivity index (χ4v) is 2.01. The van der Waals surface area contributed by atoms with Gasteiger partial charge in [-0.1, -0.05) is 0 Å². The van der Waals surface area contributed by atoms with Crippen molar-refractivity contribution in [3.05, 3.63) is 34.2 Å². The molecule has 1 saturated heterocycles. The Hall–Kier alpha value is -1.33. The van der Waals surface area contributed by atoms with E-state index in [-0.39, 0.29) is 35.5 Å². The van der Waals surface area contributed by atoms with Gasteiger partial charge in [-0.25, -0.2) is 0 Å². The third-order valence-electron chi connectivity index (χ3n) is 3.00. The third-order valence-corrected chi connectivity index (χ3v) is 3.00. The molecule has 1 fully saturated rings. The Morgan fingerprint density at radius 3 is 3.00 bits per heavy atom. The molecule has 100 valence electrons. The van der Waals surface area contributed by atoms with Gasteiger partial charge in [-0.05, 0) is 31.5 Å². The normalized spacial score (nSPS) is 18.8. The minimum atomic E-state index is -0.278. The van der Waals surface area contributed by atoms with Crippen LogP contribution in [0, 0.1) is 0 Å². The molecule has 1 unspecified atom stereocenters. The first-order valence-corrected chi connectivity index (χ1v) is 5.85. The van der Waals surface area contributed by atoms with Crippen LogP contribution >= 0.6 is 12.4 Å². The van der Waals surface area contributed by atoms with Gasteiger partial charge in [0.25, 0.3) is 11.5 Å². The van der Waals surface area contributed by atoms with E-state index >= 15 is 0 Å². The zero-order valence-corrected chi connectivity index (χ0v) is 11.1. The van der Waals surface area contributed by atoms with Crippen LogP contribution in [0.15, 0.2) is 23.1 Å². The molecule has 2 rings (SSSR count). The van der Waals surface area contributed by atoms with Crippen LogP contribution in [0.2, 0.25) is 0 Å². The number of nitrogens with zero attached hydrogens (tertiary/aromatic N) is 1. The Morgan fingerprint density at radius 2 is 2.33 bits per heavy atom. The van der Waals surface area contributed by atoms with Crippen molar-refractivity contribution in [1.29, 1.82) is 0 Å². The number of carbonyl (C=O) groups is 1. The molecule has 2 heterocycles. The van der Waals surface area contributed by atoms with E-state index in [0.29, 0.717) is 0 Å². The number of hydrogen-bond donors (Lipinski definition) is 2. The van der Waals surface area contributed by atoms with E-state index in [4.69, 9.17) is 0 Å². The number of amides is 1. The Bertz CT molecular complexity index is 467. The standard InChI is InChI=1S/C12H17N3O2.ClH/c1-15-7-3-5-10(12(15)17)11(16)14-9-4-2-6-13-8-9;/h3,5,7,9,13H,2,4,6,8H2,1H3,(H,14,16);1H. The summed E-state index contributed by atoms with van der Waals surface area (Å²) in [4.78, 5) is 23.7. The summed E-state index contributed by atoms with van der Waals surface area (Å²) < 4.78 is 1.41. The number of aromatic nitrogens is 1. The van der Waals surface area contributed by atoms with Gasteiger partial charge < -0.3 is 15.2 Å². The highest BCUT2D eigenvalue weighted by atomic mass is 35.5. The first-order valence-electron chi connectivity index (χ1n) is 5.85. The topological polar surface area (TPSA) is 63.1 Å². The van der Waals surface area contributed by atoms with Gasteiger partial charge in [0, 0.05) is 25.8 Å². The van der Waals surface area contributed by atoms with Crippen molar-refractivity contribution in [3.8, 4) is 0 Å². The molecule has 1 aliphatic heterocycles. The van der Waals surface area contributed by atoms with Gasteiger partial charge in [-0.2, -0.15) is 0 Å². The lowest BCUT2D eigenvalue weighted by molar-refractivity contribution is 0.0928. The Labute approximate surface area is 112 Å². The van der Waals surface area contributed by atoms with Crippen LogP contribution in [0.3, 0.4) is 0 Å². The maximum atomic E-state index is 11.9. The molecule has 0 saturated carbocycles. The number of aryl methyl sites for hydroxylation is 1. The second-order valence-corrected chi connectivity index (χ2v) is 4.35. The lowest BCUT2D eigenvalue weighted by Gasteiger charge is -2.23. The molecule has 1 amide bonds. The number of halogens is 1. The number of nitrogens with one attached hydrogen (secondary N) is 2. The van der Waals surface area contributed by atoms with E-state index in [2.05, 4.69) is 10.6 Å². The molecule has 1 atom stereocenters. The summed E-state index contributed by atoms with van der Waals surface area (Å²) in [6.07, 6.45) is 3.66. The molecule has 5 nitrogen and oxygen atoms in total. The van der Waals surface area contributed by atoms with Crippen molar-refractivity contribution >= 4 is 18.3 Å². The smallest absolute Gasteiger partial charge is 0.263 e. The lowest BCUT2D eigenvalue weighted by Crippen LogP contribution is -2.46. The summed E-state index contributed by atoms with van der Waals surface area (Å²) in [5.41, 5.74) is -0.0469. The number of carbonyl (C=O) groups excluding carboxylic acids is 1. The van der Waals surface area contributed by atoms with Gasteiger partial charge in [-0.3, -0.25) is 9.59 Å². The molecule has 0 aromatic carbocycles. The fraction of sp³-hybridized carbons (Fsp3) is 0.500. The van der Waals surface area contributed by atoms with Crippen LogP contribution in [0.25, 0.3) is 0 Å². The molecule has 6 heteroatoms. The monoisotopic (exact) mass is 271 g/mol. The third kappa shape index (κ3) is 3.34. The number of piperidine rings is 1. The van der Waals surface area contributed by atoms with Gasteiger partial charge in [0.1, 0.15) is 5.56 Å². The fourth-order valence-electron chi connectivity index (χ4n) is 2.01. The molecule has 0 spiro atoms. The summed E-state index contributed by atoms with van der Waals surface area (Å²) in [6, 6.07) is 3.39. The Kier molecular flexibility index (Phi) is 5.37. The van der Waals surface area contributed by atoms with Gasteiger partial charge in [-0.15, -0.1) is 12.4 Å². The van der Waals surface area contributed by atoms with Crippen LogP contribution in [-0.4, -0.2) is 29.6 Å². The van der Waals surface area contributed by atoms with Crippen molar-refractivity contribution in [3.63, 3.8) is 0 Å². The Morgan fingerprint density at radius 1 is 1.56 bits per heavy atom. The van der Waals surface area contributed by atoms with E-state index in [1.807, 2.05) is 0 Å². The summed E-state index contributed by atoms with van der Waals surface area (Å²) in [5, 5.41) is 6.11. The van der Waals surface area contributed by atoms with Gasteiger partial charge in [0.2, 0.25) is 0 Å². The quantitative estimate of drug-likeness (QED) is 0.813. The maximum Gasteiger partial charge on any atom is 0.263 e. The van der Waals surface area contributed by atoms with Crippen molar-refractivity contribution in [2.24, 2.45) is 7.05 Å². The summed E-state index contributed by atoms with van der Waals surface area (Å²) in [6.45, 7) is 1.78. The van der Waals surface area contributed by atoms with Crippen molar-refractivity contribution in [2.45, 2.75) is 18.9 Å². The van der Waals surface area contributed by atoms with Crippen LogP contribution < -0.4 is 16.2 Å². The predicted octanol–water partition coefficient (Wildman–Crippen LogP) is 0.289. The maximum absolute atomic E-state index is 11.9. The number of hydrogen-bond acceptors (Lipinski definition) is 3. The average Bonchev–Trinajstić information content (AvgIpc) is 2.34. The van der Waals surface area contributed by atoms with Crippen molar-refractivity contribution in [2.75, 3.05) is 13.1 Å². The van der Waals surface area contributed by atoms with E-state index in [0.717, 1.165) is 25.9 Å². The minimum absolute atomic E-state index is 0. The molecule has 0 bridgehead atoms. The van der Waals surface area contributed by atoms with Crippen LogP contribution in [0.4, 0.5) is 0 Å². The average molecular weight is 272 g/mol. The van der Waals surface area contributed by atoms with Crippen molar-refractivity contribution < 1.29 is 4.79 Å². The predicted molar refractivity (Wildman–Crippen MR) is 72.3 cm³/mol. The highest BCUT2D eigenvalue weighted by Crippen LogP contribution is 2.02. The molecule has 1 aliphatic rings. The van der Waals surface area contributed by atoms with Crippen molar-refractivity contribution in [1.82, 2.24) is 15.2 Å². The molecule has 2 N–H and O–H groups in total. The highest BCUT2D eigenvalue weighted by Gasteiger charge is 2.18. The molecular weight excluding hydrogens is 254 g/mol. The van der Waals surface area contributed by atoms with Crippen LogP contribution in [0.1, 0.15) is 23.2 Å². The molecule has 1 aromatic rings. The highest BCUT2D eigenvalue weighted by molar-refractivity contribution is 5.94. The molecule has 1 aromatic heterocycles. The van der Waals surface area contributed by atoms with E-state index in [1.165, 1.54) is 4.57 Å². The lowest BCUT2D eigenvalue weighted by atomic mass is 10.1. The summed E-state index contributed by atoms with van der Waals surface area (Å²) in [7, 11) is 1.64. The summed E-state index contributed by atoms with van der Waals surface area (Å²) >= 11 is 0. The molecule has 18 heavy (non-hydrogen) atoms. The SMILES string of the molecule is Cl.Cn1cccc(C(=O)NC2CCCNC2)c1=O. The zero-order chi connectivity index (χ0) is 12.3. The zero-order valence-electron chi connectivity index (χ0n) is 10.3. The molecule has 0 aliphatic carbocycles. The van der Waals surface area contributed by atoms with E-state index in [1.54, 1.807) is 25.4 Å². The first-order chi connectivity index (χ1) is 8.18. The Balaban J connectivity index is 0.00000162. The minimum Gasteiger partial charge on any atom is -0.348 e. The van der Waals surface area contributed by atoms with E-state index in [9.17, 15) is 9.59 Å². The second-order valence-electron chi connectivity index (χ2n) is 4.35. The molecule has 0 radical (unpaired) electrons. The largest absolute Gasteiger partial charge is 0.348 e. The van der Waals surface area contributed by atoms with Crippen LogP contribution in [-0.2, 0) is 7.05 Å². The second kappa shape index (κ2) is 6.56. The summed E-state index contributed by atoms with van der Waals surface area (Å²) in [5.74, 6) is -0.278. The number of pyridine rings is 1. The molecular formula is C12H18ClN3O2.